The smallest absolute Gasteiger partial charge is 0.289 e. The maximum absolute atomic E-state index is 13.0. The van der Waals surface area contributed by atoms with E-state index in [1.54, 1.807) is 24.5 Å². The molecule has 2 aromatic heterocycles. The number of ether oxygens (including phenoxy) is 2. The van der Waals surface area contributed by atoms with Crippen molar-refractivity contribution in [2.45, 2.75) is 6.92 Å². The molecule has 31 heavy (non-hydrogen) atoms. The van der Waals surface area contributed by atoms with Crippen LogP contribution in [0.4, 0.5) is 5.13 Å². The third-order valence-corrected chi connectivity index (χ3v) is 6.53. The average Bonchev–Trinajstić information content (AvgIpc) is 3.44. The van der Waals surface area contributed by atoms with E-state index in [0.29, 0.717) is 36.8 Å². The topological polar surface area (TPSA) is 68.0 Å². The van der Waals surface area contributed by atoms with Crippen molar-refractivity contribution in [3.63, 3.8) is 0 Å². The zero-order valence-electron chi connectivity index (χ0n) is 17.5. The third-order valence-electron chi connectivity index (χ3n) is 5.45. The molecule has 160 valence electrons. The second-order valence-corrected chi connectivity index (χ2v) is 8.31. The number of aromatic nitrogens is 1. The van der Waals surface area contributed by atoms with Crippen LogP contribution < -0.4 is 14.4 Å². The Labute approximate surface area is 183 Å². The van der Waals surface area contributed by atoms with Crippen molar-refractivity contribution in [3.8, 4) is 11.5 Å². The summed E-state index contributed by atoms with van der Waals surface area (Å²) < 4.78 is 18.0. The molecule has 3 heterocycles. The second kappa shape index (κ2) is 8.11. The Kier molecular flexibility index (Phi) is 5.15. The van der Waals surface area contributed by atoms with Crippen molar-refractivity contribution in [1.29, 1.82) is 0 Å². The predicted octanol–water partition coefficient (Wildman–Crippen LogP) is 4.41. The number of rotatable bonds is 5. The molecular weight excluding hydrogens is 414 g/mol. The van der Waals surface area contributed by atoms with Crippen LogP contribution in [0, 0.1) is 0 Å². The lowest BCUT2D eigenvalue weighted by Crippen LogP contribution is -2.48. The van der Waals surface area contributed by atoms with Crippen molar-refractivity contribution >= 4 is 43.6 Å². The molecule has 0 atom stereocenters. The highest BCUT2D eigenvalue weighted by molar-refractivity contribution is 7.22. The molecule has 0 spiro atoms. The number of methoxy groups -OCH3 is 1. The highest BCUT2D eigenvalue weighted by atomic mass is 32.1. The van der Waals surface area contributed by atoms with Crippen molar-refractivity contribution < 1.29 is 18.7 Å². The number of hydrogen-bond donors (Lipinski definition) is 0. The number of benzene rings is 2. The van der Waals surface area contributed by atoms with Crippen LogP contribution in [-0.4, -0.2) is 55.7 Å². The van der Waals surface area contributed by atoms with Crippen molar-refractivity contribution in [1.82, 2.24) is 9.88 Å². The van der Waals surface area contributed by atoms with Crippen molar-refractivity contribution in [3.05, 3.63) is 48.2 Å². The van der Waals surface area contributed by atoms with Gasteiger partial charge in [-0.05, 0) is 31.2 Å². The van der Waals surface area contributed by atoms with Crippen LogP contribution in [0.3, 0.4) is 0 Å². The molecule has 0 bridgehead atoms. The third kappa shape index (κ3) is 3.57. The summed E-state index contributed by atoms with van der Waals surface area (Å²) in [4.78, 5) is 21.9. The molecule has 0 unspecified atom stereocenters. The molecule has 1 aliphatic rings. The molecule has 0 N–H and O–H groups in total. The van der Waals surface area contributed by atoms with Crippen LogP contribution in [0.5, 0.6) is 11.5 Å². The predicted molar refractivity (Wildman–Crippen MR) is 122 cm³/mol. The summed E-state index contributed by atoms with van der Waals surface area (Å²) in [5, 5.41) is 1.82. The first-order valence-corrected chi connectivity index (χ1v) is 11.1. The van der Waals surface area contributed by atoms with E-state index in [4.69, 9.17) is 18.9 Å². The van der Waals surface area contributed by atoms with E-state index in [1.807, 2.05) is 42.2 Å². The number of fused-ring (bicyclic) bond motifs is 2. The van der Waals surface area contributed by atoms with Crippen LogP contribution in [-0.2, 0) is 0 Å². The lowest BCUT2D eigenvalue weighted by Gasteiger charge is -2.34. The van der Waals surface area contributed by atoms with E-state index in [1.165, 1.54) is 0 Å². The molecule has 1 aliphatic heterocycles. The number of para-hydroxylation sites is 2. The molecule has 2 aromatic carbocycles. The fourth-order valence-corrected chi connectivity index (χ4v) is 4.91. The summed E-state index contributed by atoms with van der Waals surface area (Å²) in [7, 11) is 1.59. The van der Waals surface area contributed by atoms with E-state index >= 15 is 0 Å². The van der Waals surface area contributed by atoms with Gasteiger partial charge >= 0.3 is 0 Å². The van der Waals surface area contributed by atoms with Gasteiger partial charge in [-0.1, -0.05) is 29.5 Å². The van der Waals surface area contributed by atoms with Gasteiger partial charge in [-0.25, -0.2) is 4.98 Å². The summed E-state index contributed by atoms with van der Waals surface area (Å²) in [6, 6.07) is 13.4. The van der Waals surface area contributed by atoms with E-state index in [2.05, 4.69) is 11.0 Å². The number of hydrogen-bond acceptors (Lipinski definition) is 7. The van der Waals surface area contributed by atoms with E-state index < -0.39 is 0 Å². The van der Waals surface area contributed by atoms with E-state index in [9.17, 15) is 4.79 Å². The van der Waals surface area contributed by atoms with Gasteiger partial charge in [0, 0.05) is 31.6 Å². The summed E-state index contributed by atoms with van der Waals surface area (Å²) in [6.07, 6.45) is 0. The molecule has 0 aliphatic carbocycles. The molecular formula is C23H23N3O4S. The monoisotopic (exact) mass is 437 g/mol. The van der Waals surface area contributed by atoms with Gasteiger partial charge in [-0.2, -0.15) is 0 Å². The van der Waals surface area contributed by atoms with Gasteiger partial charge in [-0.3, -0.25) is 4.79 Å². The lowest BCUT2D eigenvalue weighted by atomic mass is 10.2. The SMILES string of the molecule is CCOc1cccc2sc(N3CCN(C(=O)c4cc5cccc(OC)c5o4)CC3)nc12. The van der Waals surface area contributed by atoms with Gasteiger partial charge in [0.05, 0.1) is 18.4 Å². The Hall–Kier alpha value is -3.26. The highest BCUT2D eigenvalue weighted by Gasteiger charge is 2.26. The number of furan rings is 1. The standard InChI is InChI=1S/C23H23N3O4S/c1-3-29-16-7-5-9-19-20(16)24-23(31-19)26-12-10-25(11-13-26)22(27)18-14-15-6-4-8-17(28-2)21(15)30-18/h4-9,14H,3,10-13H2,1-2H3. The maximum atomic E-state index is 13.0. The first kappa shape index (κ1) is 19.7. The number of piperazine rings is 1. The quantitative estimate of drug-likeness (QED) is 0.461. The Morgan fingerprint density at radius 2 is 1.90 bits per heavy atom. The largest absolute Gasteiger partial charge is 0.493 e. The first-order chi connectivity index (χ1) is 15.2. The molecule has 1 amide bonds. The molecule has 7 nitrogen and oxygen atoms in total. The molecule has 0 radical (unpaired) electrons. The molecule has 8 heteroatoms. The minimum absolute atomic E-state index is 0.0964. The van der Waals surface area contributed by atoms with Crippen LogP contribution in [0.1, 0.15) is 17.5 Å². The van der Waals surface area contributed by atoms with Crippen molar-refractivity contribution in [2.24, 2.45) is 0 Å². The van der Waals surface area contributed by atoms with Gasteiger partial charge in [0.25, 0.3) is 5.91 Å². The number of carbonyl (C=O) groups excluding carboxylic acids is 1. The zero-order valence-corrected chi connectivity index (χ0v) is 18.3. The number of amides is 1. The minimum Gasteiger partial charge on any atom is -0.493 e. The Bertz CT molecular complexity index is 1240. The number of carbonyl (C=O) groups is 1. The second-order valence-electron chi connectivity index (χ2n) is 7.30. The number of anilines is 1. The number of thiazole rings is 1. The van der Waals surface area contributed by atoms with E-state index in [0.717, 1.165) is 39.6 Å². The van der Waals surface area contributed by atoms with Gasteiger partial charge in [0.2, 0.25) is 0 Å². The van der Waals surface area contributed by atoms with Gasteiger partial charge in [0.1, 0.15) is 11.3 Å². The fourth-order valence-electron chi connectivity index (χ4n) is 3.88. The van der Waals surface area contributed by atoms with Crippen LogP contribution in [0.2, 0.25) is 0 Å². The number of nitrogens with zero attached hydrogens (tertiary/aromatic N) is 3. The lowest BCUT2D eigenvalue weighted by molar-refractivity contribution is 0.0717. The van der Waals surface area contributed by atoms with Crippen LogP contribution in [0.25, 0.3) is 21.2 Å². The van der Waals surface area contributed by atoms with E-state index in [-0.39, 0.29) is 5.91 Å². The minimum atomic E-state index is -0.0964. The maximum Gasteiger partial charge on any atom is 0.289 e. The summed E-state index contributed by atoms with van der Waals surface area (Å²) in [6.45, 7) is 5.25. The first-order valence-electron chi connectivity index (χ1n) is 10.3. The fraction of sp³-hybridized carbons (Fsp3) is 0.304. The molecule has 0 saturated carbocycles. The molecule has 1 saturated heterocycles. The van der Waals surface area contributed by atoms with Crippen LogP contribution in [0.15, 0.2) is 46.9 Å². The van der Waals surface area contributed by atoms with Gasteiger partial charge in [0.15, 0.2) is 22.2 Å². The Morgan fingerprint density at radius 1 is 1.13 bits per heavy atom. The summed E-state index contributed by atoms with van der Waals surface area (Å²) in [5.74, 6) is 1.69. The molecule has 4 aromatic rings. The van der Waals surface area contributed by atoms with Crippen LogP contribution >= 0.6 is 11.3 Å². The highest BCUT2D eigenvalue weighted by Crippen LogP contribution is 2.35. The Balaban J connectivity index is 1.31. The average molecular weight is 438 g/mol. The molecule has 1 fully saturated rings. The summed E-state index contributed by atoms with van der Waals surface area (Å²) >= 11 is 1.66. The van der Waals surface area contributed by atoms with Gasteiger partial charge < -0.3 is 23.7 Å². The van der Waals surface area contributed by atoms with Gasteiger partial charge in [-0.15, -0.1) is 0 Å². The Morgan fingerprint density at radius 3 is 2.68 bits per heavy atom. The van der Waals surface area contributed by atoms with Crippen molar-refractivity contribution in [2.75, 3.05) is 44.8 Å². The summed E-state index contributed by atoms with van der Waals surface area (Å²) in [5.41, 5.74) is 1.51. The normalized spacial score (nSPS) is 14.4. The molecule has 5 rings (SSSR count). The zero-order chi connectivity index (χ0) is 21.4.